The lowest BCUT2D eigenvalue weighted by molar-refractivity contribution is -0.183. The van der Waals surface area contributed by atoms with Gasteiger partial charge in [-0.05, 0) is 31.7 Å². The lowest BCUT2D eigenvalue weighted by atomic mass is 9.86. The molecule has 0 aromatic carbocycles. The summed E-state index contributed by atoms with van der Waals surface area (Å²) in [4.78, 5) is 23.9. The molecular formula is C16H20F3NO6S2. The van der Waals surface area contributed by atoms with Crippen LogP contribution in [0.5, 0.6) is 0 Å². The summed E-state index contributed by atoms with van der Waals surface area (Å²) in [6, 6.07) is -0.931. The van der Waals surface area contributed by atoms with Gasteiger partial charge in [0.05, 0.1) is 25.7 Å². The van der Waals surface area contributed by atoms with E-state index < -0.39 is 44.3 Å². The standard InChI is InChI=1S/C16H20F3NO6S2/c1-8-11(13(21)25-2)15(27-12(8)14(22)26-3)28(23,24)20-10-6-4-5-9(7-10)16(17,18)19/h9-10,20H,4-7H2,1-3H3/t9-,10-/m0/s1. The highest BCUT2D eigenvalue weighted by Gasteiger charge is 2.43. The van der Waals surface area contributed by atoms with Gasteiger partial charge >= 0.3 is 18.1 Å². The molecule has 12 heteroatoms. The minimum absolute atomic E-state index is 0.0558. The van der Waals surface area contributed by atoms with Crippen molar-refractivity contribution in [1.29, 1.82) is 0 Å². The van der Waals surface area contributed by atoms with Gasteiger partial charge in [0.2, 0.25) is 0 Å². The van der Waals surface area contributed by atoms with Crippen LogP contribution in [0.15, 0.2) is 4.21 Å². The molecule has 0 amide bonds. The minimum atomic E-state index is -4.40. The molecule has 0 spiro atoms. The van der Waals surface area contributed by atoms with E-state index in [1.165, 1.54) is 6.92 Å². The molecular weight excluding hydrogens is 423 g/mol. The van der Waals surface area contributed by atoms with Crippen molar-refractivity contribution in [3.8, 4) is 0 Å². The Balaban J connectivity index is 2.39. The number of hydrogen-bond donors (Lipinski definition) is 1. The van der Waals surface area contributed by atoms with Crippen molar-refractivity contribution in [1.82, 2.24) is 4.72 Å². The summed E-state index contributed by atoms with van der Waals surface area (Å²) in [5.74, 6) is -3.39. The molecule has 1 aromatic rings. The predicted molar refractivity (Wildman–Crippen MR) is 93.9 cm³/mol. The Morgan fingerprint density at radius 3 is 2.29 bits per heavy atom. The van der Waals surface area contributed by atoms with E-state index in [1.54, 1.807) is 0 Å². The number of esters is 2. The summed E-state index contributed by atoms with van der Waals surface area (Å²) < 4.78 is 75.6. The van der Waals surface area contributed by atoms with E-state index in [4.69, 9.17) is 0 Å². The highest BCUT2D eigenvalue weighted by molar-refractivity contribution is 7.91. The van der Waals surface area contributed by atoms with E-state index in [0.29, 0.717) is 11.3 Å². The van der Waals surface area contributed by atoms with Gasteiger partial charge in [-0.15, -0.1) is 11.3 Å². The third-order valence-electron chi connectivity index (χ3n) is 4.58. The molecule has 158 valence electrons. The Bertz CT molecular complexity index is 862. The number of rotatable bonds is 5. The molecule has 28 heavy (non-hydrogen) atoms. The third kappa shape index (κ3) is 4.66. The number of carbonyl (C=O) groups excluding carboxylic acids is 2. The van der Waals surface area contributed by atoms with Crippen LogP contribution in [0.1, 0.15) is 51.3 Å². The molecule has 1 fully saturated rings. The zero-order valence-electron chi connectivity index (χ0n) is 15.4. The second-order valence-corrected chi connectivity index (χ2v) is 9.36. The van der Waals surface area contributed by atoms with Gasteiger partial charge in [0.1, 0.15) is 4.88 Å². The van der Waals surface area contributed by atoms with Gasteiger partial charge in [0.15, 0.2) is 4.21 Å². The Kier molecular flexibility index (Phi) is 6.77. The topological polar surface area (TPSA) is 98.8 Å². The number of alkyl halides is 3. The van der Waals surface area contributed by atoms with Crippen molar-refractivity contribution < 1.29 is 40.7 Å². The van der Waals surface area contributed by atoms with Crippen molar-refractivity contribution in [2.75, 3.05) is 14.2 Å². The average molecular weight is 443 g/mol. The maximum absolute atomic E-state index is 13.0. The smallest absolute Gasteiger partial charge is 0.391 e. The van der Waals surface area contributed by atoms with Crippen LogP contribution in [-0.2, 0) is 19.5 Å². The molecule has 7 nitrogen and oxygen atoms in total. The van der Waals surface area contributed by atoms with Gasteiger partial charge < -0.3 is 9.47 Å². The van der Waals surface area contributed by atoms with E-state index in [0.717, 1.165) is 14.2 Å². The fourth-order valence-electron chi connectivity index (χ4n) is 3.17. The van der Waals surface area contributed by atoms with Crippen LogP contribution >= 0.6 is 11.3 Å². The Morgan fingerprint density at radius 2 is 1.75 bits per heavy atom. The zero-order valence-corrected chi connectivity index (χ0v) is 17.0. The number of halogens is 3. The number of carbonyl (C=O) groups is 2. The van der Waals surface area contributed by atoms with E-state index >= 15 is 0 Å². The lowest BCUT2D eigenvalue weighted by Crippen LogP contribution is -2.41. The van der Waals surface area contributed by atoms with Gasteiger partial charge in [0.25, 0.3) is 10.0 Å². The first-order chi connectivity index (χ1) is 12.9. The maximum Gasteiger partial charge on any atom is 0.391 e. The van der Waals surface area contributed by atoms with Crippen LogP contribution in [0.3, 0.4) is 0 Å². The number of nitrogens with one attached hydrogen (secondary N) is 1. The molecule has 2 atom stereocenters. The summed E-state index contributed by atoms with van der Waals surface area (Å²) in [5.41, 5.74) is -0.260. The Morgan fingerprint density at radius 1 is 1.14 bits per heavy atom. The highest BCUT2D eigenvalue weighted by atomic mass is 32.2. The summed E-state index contributed by atoms with van der Waals surface area (Å²) in [7, 11) is -2.21. The molecule has 1 aliphatic carbocycles. The van der Waals surface area contributed by atoms with Crippen molar-refractivity contribution in [2.24, 2.45) is 5.92 Å². The summed E-state index contributed by atoms with van der Waals surface area (Å²) >= 11 is 0.516. The van der Waals surface area contributed by atoms with Crippen molar-refractivity contribution in [2.45, 2.75) is 49.0 Å². The zero-order chi connectivity index (χ0) is 21.3. The van der Waals surface area contributed by atoms with Crippen molar-refractivity contribution >= 4 is 33.3 Å². The predicted octanol–water partition coefficient (Wildman–Crippen LogP) is 3.03. The molecule has 1 heterocycles. The minimum Gasteiger partial charge on any atom is -0.465 e. The summed E-state index contributed by atoms with van der Waals surface area (Å²) in [6.45, 7) is 1.37. The van der Waals surface area contributed by atoms with Gasteiger partial charge in [0, 0.05) is 6.04 Å². The molecule has 1 aromatic heterocycles. The van der Waals surface area contributed by atoms with Gasteiger partial charge in [-0.3, -0.25) is 0 Å². The number of thiophene rings is 1. The fourth-order valence-corrected chi connectivity index (χ4v) is 6.21. The fraction of sp³-hybridized carbons (Fsp3) is 0.625. The first-order valence-electron chi connectivity index (χ1n) is 8.31. The largest absolute Gasteiger partial charge is 0.465 e. The maximum atomic E-state index is 13.0. The molecule has 0 radical (unpaired) electrons. The molecule has 2 rings (SSSR count). The van der Waals surface area contributed by atoms with Gasteiger partial charge in [-0.2, -0.15) is 13.2 Å². The third-order valence-corrected chi connectivity index (χ3v) is 7.89. The number of hydrogen-bond acceptors (Lipinski definition) is 7. The van der Waals surface area contributed by atoms with E-state index in [-0.39, 0.29) is 41.7 Å². The van der Waals surface area contributed by atoms with Crippen molar-refractivity contribution in [3.63, 3.8) is 0 Å². The second-order valence-electron chi connectivity index (χ2n) is 6.43. The van der Waals surface area contributed by atoms with Gasteiger partial charge in [-0.25, -0.2) is 22.7 Å². The van der Waals surface area contributed by atoms with E-state index in [1.807, 2.05) is 0 Å². The SMILES string of the molecule is COC(=O)c1sc(S(=O)(=O)N[C@H]2CCC[C@H](C(F)(F)F)C2)c(C(=O)OC)c1C. The van der Waals surface area contributed by atoms with Crippen LogP contribution in [0.4, 0.5) is 13.2 Å². The first-order valence-corrected chi connectivity index (χ1v) is 10.6. The number of ether oxygens (including phenoxy) is 2. The van der Waals surface area contributed by atoms with Crippen LogP contribution < -0.4 is 4.72 Å². The number of methoxy groups -OCH3 is 2. The molecule has 1 N–H and O–H groups in total. The molecule has 0 bridgehead atoms. The molecule has 0 aliphatic heterocycles. The van der Waals surface area contributed by atoms with Crippen LogP contribution in [0.25, 0.3) is 0 Å². The van der Waals surface area contributed by atoms with Crippen LogP contribution in [-0.4, -0.2) is 46.8 Å². The van der Waals surface area contributed by atoms with E-state index in [2.05, 4.69) is 14.2 Å². The van der Waals surface area contributed by atoms with Crippen molar-refractivity contribution in [3.05, 3.63) is 16.0 Å². The molecule has 0 saturated heterocycles. The molecule has 1 saturated carbocycles. The van der Waals surface area contributed by atoms with Crippen LogP contribution in [0, 0.1) is 12.8 Å². The molecule has 1 aliphatic rings. The monoisotopic (exact) mass is 443 g/mol. The first kappa shape index (κ1) is 22.6. The Labute approximate surface area is 164 Å². The second kappa shape index (κ2) is 8.37. The van der Waals surface area contributed by atoms with Gasteiger partial charge in [-0.1, -0.05) is 6.42 Å². The highest BCUT2D eigenvalue weighted by Crippen LogP contribution is 2.39. The van der Waals surface area contributed by atoms with E-state index in [9.17, 15) is 31.2 Å². The number of sulfonamides is 1. The lowest BCUT2D eigenvalue weighted by Gasteiger charge is -2.30. The normalized spacial score (nSPS) is 20.6. The quantitative estimate of drug-likeness (QED) is 0.703. The Hall–Kier alpha value is -1.66. The van der Waals surface area contributed by atoms with Crippen LogP contribution in [0.2, 0.25) is 0 Å². The summed E-state index contributed by atoms with van der Waals surface area (Å²) in [6.07, 6.45) is -4.38. The summed E-state index contributed by atoms with van der Waals surface area (Å²) in [5, 5.41) is 0. The molecule has 0 unspecified atom stereocenters. The average Bonchev–Trinajstić information content (AvgIpc) is 2.97.